The molecule has 1 aromatic carbocycles. The Hall–Kier alpha value is -1.26. The molecule has 0 heterocycles. The molecule has 0 radical (unpaired) electrons. The lowest BCUT2D eigenvalue weighted by molar-refractivity contribution is -0.0345. The van der Waals surface area contributed by atoms with Crippen LogP contribution in [0.2, 0.25) is 0 Å². The van der Waals surface area contributed by atoms with E-state index < -0.39 is 5.60 Å². The minimum absolute atomic E-state index is 0.236. The van der Waals surface area contributed by atoms with Gasteiger partial charge in [-0.05, 0) is 31.5 Å². The molecule has 1 atom stereocenters. The van der Waals surface area contributed by atoms with E-state index in [0.29, 0.717) is 23.7 Å². The first-order valence-electron chi connectivity index (χ1n) is 5.57. The van der Waals surface area contributed by atoms with E-state index in [2.05, 4.69) is 0 Å². The number of benzene rings is 1. The van der Waals surface area contributed by atoms with Gasteiger partial charge in [-0.1, -0.05) is 0 Å². The van der Waals surface area contributed by atoms with Crippen LogP contribution in [0.4, 0.5) is 0 Å². The summed E-state index contributed by atoms with van der Waals surface area (Å²) in [6.07, 6.45) is 0. The predicted octanol–water partition coefficient (Wildman–Crippen LogP) is 1.95. The van der Waals surface area contributed by atoms with E-state index in [1.807, 2.05) is 6.92 Å². The molecule has 0 saturated heterocycles. The van der Waals surface area contributed by atoms with Crippen molar-refractivity contribution in [2.24, 2.45) is 0 Å². The normalized spacial score (nSPS) is 14.2. The van der Waals surface area contributed by atoms with Crippen LogP contribution in [0, 0.1) is 0 Å². The van der Waals surface area contributed by atoms with Crippen molar-refractivity contribution in [2.75, 3.05) is 27.4 Å². The van der Waals surface area contributed by atoms with Gasteiger partial charge in [-0.3, -0.25) is 0 Å². The molecule has 0 bridgehead atoms. The van der Waals surface area contributed by atoms with Gasteiger partial charge in [-0.2, -0.15) is 0 Å². The minimum Gasteiger partial charge on any atom is -0.497 e. The zero-order valence-corrected chi connectivity index (χ0v) is 10.8. The maximum absolute atomic E-state index is 10.3. The fraction of sp³-hybridized carbons (Fsp3) is 0.538. The lowest BCUT2D eigenvalue weighted by atomic mass is 9.96. The highest BCUT2D eigenvalue weighted by Crippen LogP contribution is 2.29. The second-order valence-corrected chi connectivity index (χ2v) is 4.01. The van der Waals surface area contributed by atoms with E-state index in [4.69, 9.17) is 14.2 Å². The van der Waals surface area contributed by atoms with E-state index in [9.17, 15) is 5.11 Å². The van der Waals surface area contributed by atoms with Gasteiger partial charge in [0, 0.05) is 12.7 Å². The fourth-order valence-corrected chi connectivity index (χ4v) is 1.50. The Bertz CT molecular complexity index is 338. The summed E-state index contributed by atoms with van der Waals surface area (Å²) in [6.45, 7) is 4.40. The smallest absolute Gasteiger partial charge is 0.122 e. The molecule has 96 valence electrons. The summed E-state index contributed by atoms with van der Waals surface area (Å²) < 4.78 is 15.6. The Morgan fingerprint density at radius 1 is 1.12 bits per heavy atom. The highest BCUT2D eigenvalue weighted by molar-refractivity contribution is 5.40. The van der Waals surface area contributed by atoms with Crippen LogP contribution in [-0.4, -0.2) is 32.5 Å². The Morgan fingerprint density at radius 3 is 2.06 bits per heavy atom. The number of aliphatic hydroxyl groups is 1. The third kappa shape index (κ3) is 3.61. The van der Waals surface area contributed by atoms with E-state index in [1.54, 1.807) is 39.3 Å². The molecule has 17 heavy (non-hydrogen) atoms. The van der Waals surface area contributed by atoms with Gasteiger partial charge in [-0.15, -0.1) is 0 Å². The third-order valence-corrected chi connectivity index (χ3v) is 2.56. The quantitative estimate of drug-likeness (QED) is 0.825. The molecule has 0 spiro atoms. The lowest BCUT2D eigenvalue weighted by Gasteiger charge is -2.24. The van der Waals surface area contributed by atoms with Gasteiger partial charge in [0.05, 0.1) is 20.8 Å². The van der Waals surface area contributed by atoms with Crippen LogP contribution >= 0.6 is 0 Å². The monoisotopic (exact) mass is 240 g/mol. The Kier molecular flexibility index (Phi) is 4.78. The molecule has 4 nitrogen and oxygen atoms in total. The van der Waals surface area contributed by atoms with Crippen LogP contribution in [-0.2, 0) is 10.3 Å². The standard InChI is InChI=1S/C13H20O4/c1-5-17-9-13(2,14)10-6-11(15-3)8-12(7-10)16-4/h6-8,14H,5,9H2,1-4H3. The van der Waals surface area contributed by atoms with Gasteiger partial charge >= 0.3 is 0 Å². The molecule has 0 fully saturated rings. The molecular formula is C13H20O4. The van der Waals surface area contributed by atoms with Crippen LogP contribution in [0.5, 0.6) is 11.5 Å². The summed E-state index contributed by atoms with van der Waals surface area (Å²) in [4.78, 5) is 0. The molecule has 0 saturated carbocycles. The van der Waals surface area contributed by atoms with Gasteiger partial charge in [0.15, 0.2) is 0 Å². The van der Waals surface area contributed by atoms with Crippen molar-refractivity contribution in [1.82, 2.24) is 0 Å². The molecule has 1 N–H and O–H groups in total. The van der Waals surface area contributed by atoms with E-state index in [-0.39, 0.29) is 6.61 Å². The van der Waals surface area contributed by atoms with Crippen molar-refractivity contribution in [1.29, 1.82) is 0 Å². The van der Waals surface area contributed by atoms with E-state index in [0.717, 1.165) is 0 Å². The zero-order chi connectivity index (χ0) is 12.9. The van der Waals surface area contributed by atoms with Crippen molar-refractivity contribution < 1.29 is 19.3 Å². The number of hydrogen-bond acceptors (Lipinski definition) is 4. The fourth-order valence-electron chi connectivity index (χ4n) is 1.50. The second-order valence-electron chi connectivity index (χ2n) is 4.01. The van der Waals surface area contributed by atoms with Gasteiger partial charge in [0.2, 0.25) is 0 Å². The summed E-state index contributed by atoms with van der Waals surface area (Å²) in [6, 6.07) is 5.32. The molecule has 0 amide bonds. The van der Waals surface area contributed by atoms with Crippen LogP contribution in [0.1, 0.15) is 19.4 Å². The minimum atomic E-state index is -1.06. The Morgan fingerprint density at radius 2 is 1.65 bits per heavy atom. The van der Waals surface area contributed by atoms with Crippen molar-refractivity contribution in [3.63, 3.8) is 0 Å². The van der Waals surface area contributed by atoms with Gasteiger partial charge in [-0.25, -0.2) is 0 Å². The molecule has 0 aliphatic rings. The molecule has 0 aliphatic carbocycles. The SMILES string of the molecule is CCOCC(C)(O)c1cc(OC)cc(OC)c1. The summed E-state index contributed by atoms with van der Waals surface area (Å²) in [5, 5.41) is 10.3. The molecule has 1 unspecified atom stereocenters. The summed E-state index contributed by atoms with van der Waals surface area (Å²) in [5.74, 6) is 1.30. The highest BCUT2D eigenvalue weighted by atomic mass is 16.5. The first-order chi connectivity index (χ1) is 8.03. The maximum Gasteiger partial charge on any atom is 0.122 e. The van der Waals surface area contributed by atoms with Crippen molar-refractivity contribution in [2.45, 2.75) is 19.4 Å². The van der Waals surface area contributed by atoms with Crippen LogP contribution in [0.15, 0.2) is 18.2 Å². The molecule has 0 aromatic heterocycles. The van der Waals surface area contributed by atoms with Gasteiger partial charge in [0.1, 0.15) is 17.1 Å². The topological polar surface area (TPSA) is 47.9 Å². The first-order valence-corrected chi connectivity index (χ1v) is 5.57. The number of hydrogen-bond donors (Lipinski definition) is 1. The maximum atomic E-state index is 10.3. The van der Waals surface area contributed by atoms with E-state index >= 15 is 0 Å². The summed E-state index contributed by atoms with van der Waals surface area (Å²) in [5.41, 5.74) is -0.347. The Labute approximate surface area is 102 Å². The Balaban J connectivity index is 3.02. The number of ether oxygens (including phenoxy) is 3. The van der Waals surface area contributed by atoms with Crippen LogP contribution < -0.4 is 9.47 Å². The van der Waals surface area contributed by atoms with Crippen molar-refractivity contribution in [3.05, 3.63) is 23.8 Å². The van der Waals surface area contributed by atoms with Crippen molar-refractivity contribution in [3.8, 4) is 11.5 Å². The van der Waals surface area contributed by atoms with Crippen LogP contribution in [0.25, 0.3) is 0 Å². The highest BCUT2D eigenvalue weighted by Gasteiger charge is 2.24. The predicted molar refractivity (Wildman–Crippen MR) is 65.6 cm³/mol. The second kappa shape index (κ2) is 5.89. The number of rotatable bonds is 6. The van der Waals surface area contributed by atoms with E-state index in [1.165, 1.54) is 0 Å². The van der Waals surface area contributed by atoms with Crippen LogP contribution in [0.3, 0.4) is 0 Å². The number of methoxy groups -OCH3 is 2. The van der Waals surface area contributed by atoms with Gasteiger partial charge < -0.3 is 19.3 Å². The van der Waals surface area contributed by atoms with Crippen molar-refractivity contribution >= 4 is 0 Å². The largest absolute Gasteiger partial charge is 0.497 e. The molecule has 4 heteroatoms. The summed E-state index contributed by atoms with van der Waals surface area (Å²) in [7, 11) is 3.16. The average molecular weight is 240 g/mol. The molecule has 1 rings (SSSR count). The molecular weight excluding hydrogens is 220 g/mol. The lowest BCUT2D eigenvalue weighted by Crippen LogP contribution is -2.27. The first kappa shape index (κ1) is 13.8. The summed E-state index contributed by atoms with van der Waals surface area (Å²) >= 11 is 0. The van der Waals surface area contributed by atoms with Gasteiger partial charge in [0.25, 0.3) is 0 Å². The molecule has 1 aromatic rings. The average Bonchev–Trinajstić information content (AvgIpc) is 2.35. The zero-order valence-electron chi connectivity index (χ0n) is 10.8. The third-order valence-electron chi connectivity index (χ3n) is 2.56. The molecule has 0 aliphatic heterocycles.